The van der Waals surface area contributed by atoms with Crippen LogP contribution >= 0.6 is 51.3 Å². The molecule has 172 valence electrons. The molecule has 0 atom stereocenters. The Hall–Kier alpha value is -2.71. The van der Waals surface area contributed by atoms with Crippen LogP contribution in [0.2, 0.25) is 10.0 Å². The molecule has 1 aliphatic rings. The molecule has 9 heteroatoms. The number of halogens is 3. The molecule has 0 unspecified atom stereocenters. The van der Waals surface area contributed by atoms with Crippen LogP contribution in [0.4, 0.5) is 5.69 Å². The number of nitrogens with zero attached hydrogens (tertiary/aromatic N) is 1. The van der Waals surface area contributed by atoms with E-state index in [-0.39, 0.29) is 26.4 Å². The van der Waals surface area contributed by atoms with Gasteiger partial charge in [-0.15, -0.1) is 0 Å². The number of rotatable bonds is 5. The first-order valence-corrected chi connectivity index (χ1v) is 12.0. The molecule has 1 N–H and O–H groups in total. The molecule has 0 aromatic heterocycles. The van der Waals surface area contributed by atoms with Gasteiger partial charge in [-0.05, 0) is 76.5 Å². The van der Waals surface area contributed by atoms with E-state index in [1.54, 1.807) is 36.4 Å². The molecule has 0 aliphatic carbocycles. The van der Waals surface area contributed by atoms with Gasteiger partial charge >= 0.3 is 0 Å². The number of benzene rings is 3. The third kappa shape index (κ3) is 5.18. The predicted molar refractivity (Wildman–Crippen MR) is 142 cm³/mol. The normalized spacial score (nSPS) is 15.0. The highest BCUT2D eigenvalue weighted by atomic mass is 79.9. The second kappa shape index (κ2) is 10.3. The fourth-order valence-electron chi connectivity index (χ4n) is 3.39. The second-order valence-electron chi connectivity index (χ2n) is 7.50. The van der Waals surface area contributed by atoms with Gasteiger partial charge in [0.1, 0.15) is 17.9 Å². The molecule has 2 amide bonds. The highest BCUT2D eigenvalue weighted by Gasteiger charge is 2.35. The van der Waals surface area contributed by atoms with E-state index in [2.05, 4.69) is 27.3 Å². The zero-order valence-corrected chi connectivity index (χ0v) is 21.7. The van der Waals surface area contributed by atoms with E-state index < -0.39 is 11.8 Å². The average molecular weight is 576 g/mol. The van der Waals surface area contributed by atoms with Crippen molar-refractivity contribution in [3.8, 4) is 5.75 Å². The Morgan fingerprint density at radius 1 is 1.09 bits per heavy atom. The zero-order chi connectivity index (χ0) is 24.4. The monoisotopic (exact) mass is 574 g/mol. The van der Waals surface area contributed by atoms with Crippen LogP contribution in [0, 0.1) is 6.92 Å². The van der Waals surface area contributed by atoms with Crippen LogP contribution < -0.4 is 15.0 Å². The molecule has 1 fully saturated rings. The Balaban J connectivity index is 1.59. The molecule has 5 nitrogen and oxygen atoms in total. The number of hydrogen-bond acceptors (Lipinski definition) is 4. The molecule has 1 aliphatic heterocycles. The van der Waals surface area contributed by atoms with Gasteiger partial charge in [0.15, 0.2) is 5.11 Å². The Kier molecular flexibility index (Phi) is 7.38. The van der Waals surface area contributed by atoms with Crippen LogP contribution in [0.5, 0.6) is 5.75 Å². The highest BCUT2D eigenvalue weighted by molar-refractivity contribution is 9.10. The summed E-state index contributed by atoms with van der Waals surface area (Å²) in [5, 5.41) is 2.89. The molecule has 3 aromatic rings. The quantitative estimate of drug-likeness (QED) is 0.215. The number of anilines is 1. The van der Waals surface area contributed by atoms with Crippen molar-refractivity contribution in [2.75, 3.05) is 4.90 Å². The summed E-state index contributed by atoms with van der Waals surface area (Å²) in [5.74, 6) is -0.564. The van der Waals surface area contributed by atoms with E-state index in [1.165, 1.54) is 6.08 Å². The highest BCUT2D eigenvalue weighted by Crippen LogP contribution is 2.35. The minimum Gasteiger partial charge on any atom is -0.488 e. The van der Waals surface area contributed by atoms with Gasteiger partial charge in [-0.25, -0.2) is 0 Å². The lowest BCUT2D eigenvalue weighted by atomic mass is 10.1. The smallest absolute Gasteiger partial charge is 0.270 e. The Labute approximate surface area is 220 Å². The van der Waals surface area contributed by atoms with Gasteiger partial charge in [-0.3, -0.25) is 19.8 Å². The van der Waals surface area contributed by atoms with Gasteiger partial charge in [-0.1, -0.05) is 65.2 Å². The number of carbonyl (C=O) groups excluding carboxylic acids is 2. The number of thiocarbonyl (C=S) groups is 1. The van der Waals surface area contributed by atoms with Crippen LogP contribution in [0.25, 0.3) is 6.08 Å². The lowest BCUT2D eigenvalue weighted by Gasteiger charge is -2.29. The van der Waals surface area contributed by atoms with Gasteiger partial charge in [0.25, 0.3) is 11.8 Å². The summed E-state index contributed by atoms with van der Waals surface area (Å²) in [6, 6.07) is 18.2. The van der Waals surface area contributed by atoms with Crippen LogP contribution in [0.3, 0.4) is 0 Å². The minimum absolute atomic E-state index is 0.0719. The lowest BCUT2D eigenvalue weighted by Crippen LogP contribution is -2.54. The second-order valence-corrected chi connectivity index (χ2v) is 9.52. The lowest BCUT2D eigenvalue weighted by molar-refractivity contribution is -0.122. The van der Waals surface area contributed by atoms with Crippen molar-refractivity contribution >= 4 is 80.0 Å². The van der Waals surface area contributed by atoms with Gasteiger partial charge in [0.2, 0.25) is 0 Å². The van der Waals surface area contributed by atoms with Crippen molar-refractivity contribution in [2.24, 2.45) is 0 Å². The maximum Gasteiger partial charge on any atom is 0.270 e. The summed E-state index contributed by atoms with van der Waals surface area (Å²) in [7, 11) is 0. The van der Waals surface area contributed by atoms with Crippen molar-refractivity contribution in [1.29, 1.82) is 0 Å². The minimum atomic E-state index is -0.603. The Morgan fingerprint density at radius 3 is 2.59 bits per heavy atom. The topological polar surface area (TPSA) is 58.6 Å². The number of nitrogens with one attached hydrogen (secondary N) is 1. The first-order valence-electron chi connectivity index (χ1n) is 10.1. The number of ether oxygens (including phenoxy) is 1. The molecule has 0 bridgehead atoms. The standard InChI is InChI=1S/C25H17BrCl2N2O3S/c1-14-4-2-5-16(10-14)13-33-21-9-8-15(12-18(21)26)11-17-23(31)29-25(34)30(24(17)32)20-7-3-6-19(27)22(20)28/h2-12H,13H2,1H3,(H,29,31,34)/b17-11+. The molecule has 0 radical (unpaired) electrons. The molecular formula is C25H17BrCl2N2O3S. The Morgan fingerprint density at radius 2 is 1.85 bits per heavy atom. The summed E-state index contributed by atoms with van der Waals surface area (Å²) in [6.45, 7) is 2.44. The molecule has 4 rings (SSSR count). The van der Waals surface area contributed by atoms with E-state index >= 15 is 0 Å². The summed E-state index contributed by atoms with van der Waals surface area (Å²) in [4.78, 5) is 27.0. The number of amides is 2. The van der Waals surface area contributed by atoms with Gasteiger partial charge in [0.05, 0.1) is 20.2 Å². The summed E-state index contributed by atoms with van der Waals surface area (Å²) < 4.78 is 6.60. The van der Waals surface area contributed by atoms with E-state index in [0.717, 1.165) is 16.0 Å². The summed E-state index contributed by atoms with van der Waals surface area (Å²) >= 11 is 21.1. The first-order chi connectivity index (χ1) is 16.2. The number of hydrogen-bond donors (Lipinski definition) is 1. The molecule has 1 saturated heterocycles. The molecule has 34 heavy (non-hydrogen) atoms. The van der Waals surface area contributed by atoms with Gasteiger partial charge in [-0.2, -0.15) is 0 Å². The van der Waals surface area contributed by atoms with Gasteiger partial charge < -0.3 is 4.74 Å². The number of aryl methyl sites for hydroxylation is 1. The predicted octanol–water partition coefficient (Wildman–Crippen LogP) is 6.47. The van der Waals surface area contributed by atoms with Crippen LogP contribution in [0.1, 0.15) is 16.7 Å². The molecule has 1 heterocycles. The summed E-state index contributed by atoms with van der Waals surface area (Å²) in [6.07, 6.45) is 1.49. The third-order valence-electron chi connectivity index (χ3n) is 5.02. The van der Waals surface area contributed by atoms with E-state index in [9.17, 15) is 9.59 Å². The van der Waals surface area contributed by atoms with E-state index in [4.69, 9.17) is 40.2 Å². The molecule has 0 saturated carbocycles. The van der Waals surface area contributed by atoms with E-state index in [0.29, 0.717) is 22.4 Å². The van der Waals surface area contributed by atoms with Crippen LogP contribution in [0.15, 0.2) is 70.7 Å². The first kappa shape index (κ1) is 24.4. The molecular weight excluding hydrogens is 559 g/mol. The zero-order valence-electron chi connectivity index (χ0n) is 17.8. The number of carbonyl (C=O) groups is 2. The SMILES string of the molecule is Cc1cccc(COc2ccc(/C=C3\C(=O)NC(=S)N(c4cccc(Cl)c4Cl)C3=O)cc2Br)c1. The van der Waals surface area contributed by atoms with E-state index in [1.807, 2.05) is 25.1 Å². The van der Waals surface area contributed by atoms with Crippen molar-refractivity contribution < 1.29 is 14.3 Å². The fraction of sp³-hybridized carbons (Fsp3) is 0.0800. The molecule has 3 aromatic carbocycles. The molecule has 0 spiro atoms. The van der Waals surface area contributed by atoms with Crippen LogP contribution in [-0.2, 0) is 16.2 Å². The maximum absolute atomic E-state index is 13.2. The summed E-state index contributed by atoms with van der Waals surface area (Å²) in [5.41, 5.74) is 3.03. The van der Waals surface area contributed by atoms with Crippen molar-refractivity contribution in [2.45, 2.75) is 13.5 Å². The van der Waals surface area contributed by atoms with Gasteiger partial charge in [0, 0.05) is 0 Å². The third-order valence-corrected chi connectivity index (χ3v) is 6.73. The van der Waals surface area contributed by atoms with Crippen molar-refractivity contribution in [1.82, 2.24) is 5.32 Å². The average Bonchev–Trinajstić information content (AvgIpc) is 2.79. The fourth-order valence-corrected chi connectivity index (χ4v) is 4.56. The van der Waals surface area contributed by atoms with Crippen molar-refractivity contribution in [3.05, 3.63) is 97.4 Å². The maximum atomic E-state index is 13.2. The Bertz CT molecular complexity index is 1360. The van der Waals surface area contributed by atoms with Crippen molar-refractivity contribution in [3.63, 3.8) is 0 Å². The van der Waals surface area contributed by atoms with Crippen LogP contribution in [-0.4, -0.2) is 16.9 Å². The largest absolute Gasteiger partial charge is 0.488 e.